The van der Waals surface area contributed by atoms with Gasteiger partial charge in [-0.3, -0.25) is 9.69 Å². The lowest BCUT2D eigenvalue weighted by atomic mass is 10.1. The minimum absolute atomic E-state index is 0.0487. The van der Waals surface area contributed by atoms with Crippen LogP contribution in [-0.2, 0) is 21.4 Å². The van der Waals surface area contributed by atoms with Gasteiger partial charge in [0.05, 0.1) is 6.26 Å². The van der Waals surface area contributed by atoms with Crippen molar-refractivity contribution < 1.29 is 13.2 Å². The van der Waals surface area contributed by atoms with E-state index in [0.29, 0.717) is 25.6 Å². The van der Waals surface area contributed by atoms with Crippen molar-refractivity contribution in [1.82, 2.24) is 14.1 Å². The van der Waals surface area contributed by atoms with Crippen molar-refractivity contribution in [3.63, 3.8) is 0 Å². The molecule has 0 unspecified atom stereocenters. The molecule has 0 radical (unpaired) electrons. The fraction of sp³-hybridized carbons (Fsp3) is 0.650. The molecule has 1 heterocycles. The lowest BCUT2D eigenvalue weighted by molar-refractivity contribution is -0.133. The van der Waals surface area contributed by atoms with Crippen LogP contribution in [0.15, 0.2) is 30.3 Å². The quantitative estimate of drug-likeness (QED) is 0.642. The van der Waals surface area contributed by atoms with E-state index in [1.807, 2.05) is 23.1 Å². The van der Waals surface area contributed by atoms with E-state index in [2.05, 4.69) is 30.9 Å². The average Bonchev–Trinajstić information content (AvgIpc) is 2.61. The minimum Gasteiger partial charge on any atom is -0.340 e. The summed E-state index contributed by atoms with van der Waals surface area (Å²) in [6, 6.07) is 10.3. The molecule has 2 rings (SSSR count). The van der Waals surface area contributed by atoms with Crippen molar-refractivity contribution in [2.75, 3.05) is 45.5 Å². The number of carbonyl (C=O) groups is 1. The monoisotopic (exact) mass is 395 g/mol. The van der Waals surface area contributed by atoms with Gasteiger partial charge in [-0.1, -0.05) is 44.2 Å². The Morgan fingerprint density at radius 3 is 2.26 bits per heavy atom. The van der Waals surface area contributed by atoms with Gasteiger partial charge in [-0.05, 0) is 17.9 Å². The van der Waals surface area contributed by atoms with Crippen LogP contribution >= 0.6 is 0 Å². The molecule has 27 heavy (non-hydrogen) atoms. The standard InChI is InChI=1S/C20H33N3O3S/c1-18(2)9-11-23(27(3,25)26)12-10-20(24)22-15-13-21(14-16-22)17-19-7-5-4-6-8-19/h4-8,18H,9-17H2,1-3H3. The van der Waals surface area contributed by atoms with Crippen LogP contribution in [-0.4, -0.2) is 74.0 Å². The largest absolute Gasteiger partial charge is 0.340 e. The van der Waals surface area contributed by atoms with E-state index in [1.165, 1.54) is 16.1 Å². The van der Waals surface area contributed by atoms with Gasteiger partial charge in [-0.25, -0.2) is 12.7 Å². The predicted octanol–water partition coefficient (Wildman–Crippen LogP) is 2.03. The predicted molar refractivity (Wildman–Crippen MR) is 109 cm³/mol. The molecule has 1 saturated heterocycles. The van der Waals surface area contributed by atoms with Gasteiger partial charge in [-0.2, -0.15) is 0 Å². The maximum Gasteiger partial charge on any atom is 0.223 e. The van der Waals surface area contributed by atoms with Crippen molar-refractivity contribution in [3.8, 4) is 0 Å². The lowest BCUT2D eigenvalue weighted by Gasteiger charge is -2.35. The molecule has 6 nitrogen and oxygen atoms in total. The lowest BCUT2D eigenvalue weighted by Crippen LogP contribution is -2.49. The number of carbonyl (C=O) groups excluding carboxylic acids is 1. The first-order valence-electron chi connectivity index (χ1n) is 9.75. The molecule has 1 aromatic carbocycles. The van der Waals surface area contributed by atoms with Gasteiger partial charge in [0.1, 0.15) is 0 Å². The van der Waals surface area contributed by atoms with E-state index in [4.69, 9.17) is 0 Å². The summed E-state index contributed by atoms with van der Waals surface area (Å²) in [5, 5.41) is 0. The zero-order valence-corrected chi connectivity index (χ0v) is 17.6. The maximum absolute atomic E-state index is 12.5. The number of hydrogen-bond acceptors (Lipinski definition) is 4. The third kappa shape index (κ3) is 7.60. The Balaban J connectivity index is 1.77. The van der Waals surface area contributed by atoms with E-state index in [0.717, 1.165) is 26.1 Å². The van der Waals surface area contributed by atoms with Gasteiger partial charge in [0.15, 0.2) is 0 Å². The van der Waals surface area contributed by atoms with Gasteiger partial charge in [0, 0.05) is 52.2 Å². The number of nitrogens with zero attached hydrogens (tertiary/aromatic N) is 3. The Labute approximate surface area is 164 Å². The van der Waals surface area contributed by atoms with Crippen LogP contribution in [0.5, 0.6) is 0 Å². The molecule has 7 heteroatoms. The fourth-order valence-electron chi connectivity index (χ4n) is 3.22. The van der Waals surface area contributed by atoms with Crippen LogP contribution in [0.25, 0.3) is 0 Å². The first kappa shape index (κ1) is 21.9. The Morgan fingerprint density at radius 2 is 1.70 bits per heavy atom. The van der Waals surface area contributed by atoms with Crippen LogP contribution in [0, 0.1) is 5.92 Å². The zero-order chi connectivity index (χ0) is 19.9. The molecule has 0 saturated carbocycles. The highest BCUT2D eigenvalue weighted by molar-refractivity contribution is 7.88. The molecular formula is C20H33N3O3S. The highest BCUT2D eigenvalue weighted by Crippen LogP contribution is 2.11. The van der Waals surface area contributed by atoms with Crippen molar-refractivity contribution in [3.05, 3.63) is 35.9 Å². The van der Waals surface area contributed by atoms with Crippen molar-refractivity contribution >= 4 is 15.9 Å². The first-order chi connectivity index (χ1) is 12.8. The third-order valence-electron chi connectivity index (χ3n) is 4.97. The summed E-state index contributed by atoms with van der Waals surface area (Å²) in [5.74, 6) is 0.482. The second-order valence-corrected chi connectivity index (χ2v) is 9.72. The topological polar surface area (TPSA) is 60.9 Å². The minimum atomic E-state index is -3.28. The van der Waals surface area contributed by atoms with Crippen LogP contribution in [0.2, 0.25) is 0 Å². The number of piperazine rings is 1. The van der Waals surface area contributed by atoms with E-state index in [-0.39, 0.29) is 18.9 Å². The Hall–Kier alpha value is -1.44. The Kier molecular flexibility index (Phi) is 8.26. The molecule has 1 aliphatic rings. The fourth-order valence-corrected chi connectivity index (χ4v) is 4.08. The number of hydrogen-bond donors (Lipinski definition) is 0. The Bertz CT molecular complexity index is 684. The molecule has 152 valence electrons. The van der Waals surface area contributed by atoms with Crippen molar-refractivity contribution in [1.29, 1.82) is 0 Å². The highest BCUT2D eigenvalue weighted by atomic mass is 32.2. The average molecular weight is 396 g/mol. The second kappa shape index (κ2) is 10.2. The van der Waals surface area contributed by atoms with Crippen molar-refractivity contribution in [2.45, 2.75) is 33.2 Å². The molecule has 0 bridgehead atoms. The number of amides is 1. The van der Waals surface area contributed by atoms with Gasteiger partial charge in [-0.15, -0.1) is 0 Å². The molecule has 0 atom stereocenters. The maximum atomic E-state index is 12.5. The number of sulfonamides is 1. The summed E-state index contributed by atoms with van der Waals surface area (Å²) < 4.78 is 25.3. The second-order valence-electron chi connectivity index (χ2n) is 7.74. The molecule has 0 N–H and O–H groups in total. The summed E-state index contributed by atoms with van der Waals surface area (Å²) in [6.45, 7) is 8.91. The molecular weight excluding hydrogens is 362 g/mol. The molecule has 0 spiro atoms. The summed E-state index contributed by atoms with van der Waals surface area (Å²) >= 11 is 0. The third-order valence-corrected chi connectivity index (χ3v) is 6.28. The summed E-state index contributed by atoms with van der Waals surface area (Å²) in [4.78, 5) is 16.7. The molecule has 1 aromatic rings. The van der Waals surface area contributed by atoms with Crippen LogP contribution in [0.1, 0.15) is 32.3 Å². The van der Waals surface area contributed by atoms with Gasteiger partial charge in [0.25, 0.3) is 0 Å². The summed E-state index contributed by atoms with van der Waals surface area (Å²) in [7, 11) is -3.28. The zero-order valence-electron chi connectivity index (χ0n) is 16.8. The SMILES string of the molecule is CC(C)CCN(CCC(=O)N1CCN(Cc2ccccc2)CC1)S(C)(=O)=O. The molecule has 1 fully saturated rings. The van der Waals surface area contributed by atoms with Crippen LogP contribution in [0.3, 0.4) is 0 Å². The molecule has 1 aliphatic heterocycles. The Morgan fingerprint density at radius 1 is 1.07 bits per heavy atom. The normalized spacial score (nSPS) is 16.3. The molecule has 0 aromatic heterocycles. The summed E-state index contributed by atoms with van der Waals surface area (Å²) in [6.07, 6.45) is 2.28. The number of benzene rings is 1. The van der Waals surface area contributed by atoms with Gasteiger partial charge in [0.2, 0.25) is 15.9 Å². The van der Waals surface area contributed by atoms with Crippen molar-refractivity contribution in [2.24, 2.45) is 5.92 Å². The van der Waals surface area contributed by atoms with Crippen LogP contribution < -0.4 is 0 Å². The van der Waals surface area contributed by atoms with E-state index < -0.39 is 10.0 Å². The molecule has 1 amide bonds. The van der Waals surface area contributed by atoms with Gasteiger partial charge >= 0.3 is 0 Å². The van der Waals surface area contributed by atoms with E-state index >= 15 is 0 Å². The number of rotatable bonds is 9. The smallest absolute Gasteiger partial charge is 0.223 e. The molecule has 0 aliphatic carbocycles. The first-order valence-corrected chi connectivity index (χ1v) is 11.6. The van der Waals surface area contributed by atoms with Gasteiger partial charge < -0.3 is 4.90 Å². The van der Waals surface area contributed by atoms with E-state index in [9.17, 15) is 13.2 Å². The summed E-state index contributed by atoms with van der Waals surface area (Å²) in [5.41, 5.74) is 1.28. The highest BCUT2D eigenvalue weighted by Gasteiger charge is 2.23. The van der Waals surface area contributed by atoms with Crippen LogP contribution in [0.4, 0.5) is 0 Å². The van der Waals surface area contributed by atoms with E-state index in [1.54, 1.807) is 0 Å².